The number of ether oxygens (including phenoxy) is 2. The second-order valence-corrected chi connectivity index (χ2v) is 18.7. The van der Waals surface area contributed by atoms with E-state index in [-0.39, 0.29) is 24.7 Å². The first-order valence-corrected chi connectivity index (χ1v) is 25.5. The van der Waals surface area contributed by atoms with Crippen molar-refractivity contribution in [1.82, 2.24) is 0 Å². The Morgan fingerprint density at radius 2 is 1.15 bits per heavy atom. The molecule has 15 heteroatoms. The van der Waals surface area contributed by atoms with Gasteiger partial charge in [-0.1, -0.05) is 167 Å². The third kappa shape index (κ3) is 30.8. The van der Waals surface area contributed by atoms with Crippen molar-refractivity contribution in [3.63, 3.8) is 0 Å². The lowest BCUT2D eigenvalue weighted by atomic mass is 9.88. The number of unbranched alkanes of at least 4 members (excludes halogenated alkanes) is 21. The highest BCUT2D eigenvalue weighted by Gasteiger charge is 2.39. The van der Waals surface area contributed by atoms with Gasteiger partial charge in [0, 0.05) is 25.2 Å². The molecular weight excluding hydrogens is 805 g/mol. The number of hydrogen-bond donors (Lipinski definition) is 6. The molecule has 1 rings (SSSR count). The molecule has 1 unspecified atom stereocenters. The molecule has 14 nitrogen and oxygen atoms in total. The molecule has 0 radical (unpaired) electrons. The van der Waals surface area contributed by atoms with E-state index in [2.05, 4.69) is 18.4 Å². The highest BCUT2D eigenvalue weighted by atomic mass is 31.2. The van der Waals surface area contributed by atoms with Gasteiger partial charge in [0.25, 0.3) is 0 Å². The molecule has 0 aromatic rings. The fourth-order valence-electron chi connectivity index (χ4n) is 7.81. The number of aliphatic hydroxyl groups is 3. The zero-order valence-corrected chi connectivity index (χ0v) is 38.7. The second kappa shape index (κ2) is 36.4. The van der Waals surface area contributed by atoms with Gasteiger partial charge < -0.3 is 40.5 Å². The average molecular weight is 892 g/mol. The van der Waals surface area contributed by atoms with Gasteiger partial charge in [0.1, 0.15) is 12.6 Å². The summed E-state index contributed by atoms with van der Waals surface area (Å²) in [4.78, 5) is 46.3. The van der Waals surface area contributed by atoms with Gasteiger partial charge >= 0.3 is 25.7 Å². The Balaban J connectivity index is 2.41. The standard InChI is InChI=1S/C46H86NO13P/c1-3-5-7-8-9-10-11-12-13-14-15-16-17-18-19-20-26-30-45(52)60-38(35-58-61(55,56)59-36-41(47)46(53)54)34-57-44(51)29-25-22-21-24-28-39-40(43(50)33-42(39)49)32-31-37(48)27-23-6-4-2/h31-32,37-43,48-50H,3-30,33-36,47H2,1-2H3,(H,53,54)(H,55,56)/b32-31+/t37-,38+,39+,40+,41-,42-,43+/m0/s1. The minimum atomic E-state index is -4.77. The number of carboxylic acid groups (broad SMARTS) is 1. The summed E-state index contributed by atoms with van der Waals surface area (Å²) in [6.07, 6.45) is 29.1. The number of phosphoric ester groups is 1. The van der Waals surface area contributed by atoms with Crippen LogP contribution in [-0.2, 0) is 37.5 Å². The quantitative estimate of drug-likeness (QED) is 0.0145. The van der Waals surface area contributed by atoms with Gasteiger partial charge in [-0.2, -0.15) is 0 Å². The Kier molecular flexibility index (Phi) is 34.1. The summed E-state index contributed by atoms with van der Waals surface area (Å²) in [6.45, 7) is 2.52. The van der Waals surface area contributed by atoms with Crippen LogP contribution in [0.3, 0.4) is 0 Å². The van der Waals surface area contributed by atoms with Crippen molar-refractivity contribution in [2.24, 2.45) is 17.6 Å². The molecule has 0 aliphatic heterocycles. The lowest BCUT2D eigenvalue weighted by Crippen LogP contribution is -2.34. The number of carbonyl (C=O) groups excluding carboxylic acids is 2. The highest BCUT2D eigenvalue weighted by molar-refractivity contribution is 7.47. The Labute approximate surface area is 367 Å². The van der Waals surface area contributed by atoms with Gasteiger partial charge in [0.05, 0.1) is 31.5 Å². The van der Waals surface area contributed by atoms with Crippen molar-refractivity contribution >= 4 is 25.7 Å². The molecule has 0 heterocycles. The maximum absolute atomic E-state index is 12.7. The van der Waals surface area contributed by atoms with E-state index in [1.807, 2.05) is 6.08 Å². The molecule has 1 aliphatic carbocycles. The van der Waals surface area contributed by atoms with Crippen LogP contribution in [0.1, 0.15) is 200 Å². The Bertz CT molecular complexity index is 1210. The minimum absolute atomic E-state index is 0.0987. The summed E-state index contributed by atoms with van der Waals surface area (Å²) in [5, 5.41) is 40.3. The predicted octanol–water partition coefficient (Wildman–Crippen LogP) is 9.22. The van der Waals surface area contributed by atoms with Crippen LogP contribution in [0.25, 0.3) is 0 Å². The van der Waals surface area contributed by atoms with Gasteiger partial charge in [0.15, 0.2) is 6.10 Å². The first-order chi connectivity index (χ1) is 29.3. The van der Waals surface area contributed by atoms with Crippen molar-refractivity contribution in [3.8, 4) is 0 Å². The molecule has 0 spiro atoms. The molecule has 0 aromatic heterocycles. The number of phosphoric acid groups is 1. The lowest BCUT2D eigenvalue weighted by Gasteiger charge is -2.21. The fraction of sp³-hybridized carbons (Fsp3) is 0.891. The largest absolute Gasteiger partial charge is 0.480 e. The Morgan fingerprint density at radius 1 is 0.672 bits per heavy atom. The molecule has 358 valence electrons. The zero-order valence-electron chi connectivity index (χ0n) is 37.9. The number of carbonyl (C=O) groups is 3. The van der Waals surface area contributed by atoms with Crippen molar-refractivity contribution in [1.29, 1.82) is 0 Å². The van der Waals surface area contributed by atoms with Crippen molar-refractivity contribution in [2.45, 2.75) is 231 Å². The van der Waals surface area contributed by atoms with E-state index in [0.29, 0.717) is 32.1 Å². The Morgan fingerprint density at radius 3 is 1.69 bits per heavy atom. The first kappa shape index (κ1) is 57.1. The number of hydrogen-bond acceptors (Lipinski definition) is 12. The minimum Gasteiger partial charge on any atom is -0.480 e. The van der Waals surface area contributed by atoms with Gasteiger partial charge in [-0.05, 0) is 31.6 Å². The normalized spacial score (nSPS) is 20.4. The predicted molar refractivity (Wildman–Crippen MR) is 238 cm³/mol. The van der Waals surface area contributed by atoms with Crippen LogP contribution >= 0.6 is 7.82 Å². The van der Waals surface area contributed by atoms with Crippen molar-refractivity contribution in [2.75, 3.05) is 19.8 Å². The number of nitrogens with two attached hydrogens (primary N) is 1. The molecule has 0 aromatic carbocycles. The number of aliphatic carboxylic acids is 1. The molecule has 1 saturated carbocycles. The smallest absolute Gasteiger partial charge is 0.472 e. The zero-order chi connectivity index (χ0) is 45.1. The van der Waals surface area contributed by atoms with Crippen LogP contribution < -0.4 is 5.73 Å². The molecule has 0 amide bonds. The van der Waals surface area contributed by atoms with Crippen LogP contribution in [0.2, 0.25) is 0 Å². The van der Waals surface area contributed by atoms with E-state index in [4.69, 9.17) is 24.8 Å². The van der Waals surface area contributed by atoms with Crippen molar-refractivity contribution < 1.29 is 62.8 Å². The summed E-state index contributed by atoms with van der Waals surface area (Å²) in [5.41, 5.74) is 5.34. The monoisotopic (exact) mass is 892 g/mol. The number of esters is 2. The molecule has 8 atom stereocenters. The van der Waals surface area contributed by atoms with Gasteiger partial charge in [-0.25, -0.2) is 4.57 Å². The number of carboxylic acids is 1. The van der Waals surface area contributed by atoms with E-state index < -0.39 is 76.0 Å². The fourth-order valence-corrected chi connectivity index (χ4v) is 8.59. The SMILES string of the molecule is CCCCCCCCCCCCCCCCCCCC(=O)O[C@H](COC(=O)CCCCCC[C@@H]1[C@@H](/C=C/[C@@H](O)CCCCC)[C@H](O)C[C@@H]1O)COP(=O)(O)OC[C@H](N)C(=O)O. The topological polar surface area (TPSA) is 232 Å². The number of aliphatic hydroxyl groups excluding tert-OH is 3. The van der Waals surface area contributed by atoms with E-state index >= 15 is 0 Å². The summed E-state index contributed by atoms with van der Waals surface area (Å²) in [7, 11) is -4.77. The van der Waals surface area contributed by atoms with Crippen LogP contribution in [0.5, 0.6) is 0 Å². The maximum atomic E-state index is 12.7. The van der Waals surface area contributed by atoms with E-state index in [1.165, 1.54) is 83.5 Å². The number of rotatable bonds is 41. The van der Waals surface area contributed by atoms with Gasteiger partial charge in [-0.15, -0.1) is 0 Å². The van der Waals surface area contributed by atoms with Gasteiger partial charge in [-0.3, -0.25) is 23.4 Å². The van der Waals surface area contributed by atoms with Crippen molar-refractivity contribution in [3.05, 3.63) is 12.2 Å². The maximum Gasteiger partial charge on any atom is 0.472 e. The molecule has 61 heavy (non-hydrogen) atoms. The second-order valence-electron chi connectivity index (χ2n) is 17.2. The Hall–Kier alpha value is -1.90. The molecule has 1 aliphatic rings. The van der Waals surface area contributed by atoms with Crippen LogP contribution in [-0.4, -0.2) is 93.5 Å². The highest BCUT2D eigenvalue weighted by Crippen LogP contribution is 2.43. The molecule has 0 bridgehead atoms. The molecular formula is C46H86NO13P. The summed E-state index contributed by atoms with van der Waals surface area (Å²) < 4.78 is 32.8. The summed E-state index contributed by atoms with van der Waals surface area (Å²) in [5.74, 6) is -2.86. The van der Waals surface area contributed by atoms with Crippen LogP contribution in [0.15, 0.2) is 12.2 Å². The average Bonchev–Trinajstić information content (AvgIpc) is 3.49. The third-order valence-corrected chi connectivity index (χ3v) is 12.6. The van der Waals surface area contributed by atoms with Crippen LogP contribution in [0.4, 0.5) is 0 Å². The van der Waals surface area contributed by atoms with Crippen LogP contribution in [0, 0.1) is 11.8 Å². The summed E-state index contributed by atoms with van der Waals surface area (Å²) in [6, 6.07) is -1.55. The summed E-state index contributed by atoms with van der Waals surface area (Å²) >= 11 is 0. The third-order valence-electron chi connectivity index (χ3n) is 11.6. The molecule has 0 saturated heterocycles. The lowest BCUT2D eigenvalue weighted by molar-refractivity contribution is -0.161. The molecule has 7 N–H and O–H groups in total. The molecule has 1 fully saturated rings. The van der Waals surface area contributed by atoms with E-state index in [1.54, 1.807) is 6.08 Å². The first-order valence-electron chi connectivity index (χ1n) is 24.0. The van der Waals surface area contributed by atoms with E-state index in [0.717, 1.165) is 57.8 Å². The van der Waals surface area contributed by atoms with E-state index in [9.17, 15) is 39.2 Å². The van der Waals surface area contributed by atoms with Gasteiger partial charge in [0.2, 0.25) is 0 Å².